The first kappa shape index (κ1) is 15.2. The molecule has 1 N–H and O–H groups in total. The lowest BCUT2D eigenvalue weighted by Gasteiger charge is -2.33. The third kappa shape index (κ3) is 2.29. The molecule has 6 nitrogen and oxygen atoms in total. The van der Waals surface area contributed by atoms with E-state index in [9.17, 15) is 9.59 Å². The van der Waals surface area contributed by atoms with Gasteiger partial charge in [0.05, 0.1) is 19.3 Å². The van der Waals surface area contributed by atoms with Crippen LogP contribution in [0, 0.1) is 0 Å². The molecule has 1 aromatic carbocycles. The van der Waals surface area contributed by atoms with Gasteiger partial charge in [-0.05, 0) is 43.5 Å². The second-order valence-electron chi connectivity index (χ2n) is 6.55. The lowest BCUT2D eigenvalue weighted by atomic mass is 9.95. The summed E-state index contributed by atoms with van der Waals surface area (Å²) in [5.41, 5.74) is 0.299. The number of methoxy groups -OCH3 is 1. The summed E-state index contributed by atoms with van der Waals surface area (Å²) in [6.07, 6.45) is 2.74. The van der Waals surface area contributed by atoms with E-state index in [1.54, 1.807) is 25.3 Å². The number of aromatic amines is 1. The summed E-state index contributed by atoms with van der Waals surface area (Å²) in [5.74, 6) is 0.485. The van der Waals surface area contributed by atoms with Gasteiger partial charge in [0.25, 0.3) is 11.5 Å². The fourth-order valence-corrected chi connectivity index (χ4v) is 3.88. The Kier molecular flexibility index (Phi) is 3.57. The molecule has 6 heteroatoms. The van der Waals surface area contributed by atoms with Crippen molar-refractivity contribution in [2.75, 3.05) is 26.9 Å². The second kappa shape index (κ2) is 5.63. The number of benzene rings is 1. The maximum Gasteiger partial charge on any atom is 0.261 e. The Hall–Kier alpha value is -2.34. The summed E-state index contributed by atoms with van der Waals surface area (Å²) in [6, 6.07) is 7.05. The predicted molar refractivity (Wildman–Crippen MR) is 89.6 cm³/mol. The summed E-state index contributed by atoms with van der Waals surface area (Å²) in [5, 5.41) is 0.785. The molecule has 1 atom stereocenters. The lowest BCUT2D eigenvalue weighted by molar-refractivity contribution is 0.0548. The number of pyridine rings is 1. The van der Waals surface area contributed by atoms with Crippen molar-refractivity contribution in [2.45, 2.75) is 24.8 Å². The number of amides is 1. The molecule has 1 aromatic heterocycles. The number of likely N-dealkylation sites (tertiary alicyclic amines) is 1. The molecule has 1 spiro atoms. The number of H-pyrrole nitrogens is 1. The van der Waals surface area contributed by atoms with Crippen molar-refractivity contribution in [3.8, 4) is 5.75 Å². The van der Waals surface area contributed by atoms with Crippen LogP contribution >= 0.6 is 0 Å². The summed E-state index contributed by atoms with van der Waals surface area (Å²) in [6.45, 7) is 1.92. The van der Waals surface area contributed by atoms with Crippen LogP contribution in [0.1, 0.15) is 29.6 Å². The van der Waals surface area contributed by atoms with Crippen LogP contribution in [-0.2, 0) is 4.74 Å². The summed E-state index contributed by atoms with van der Waals surface area (Å²) >= 11 is 0. The van der Waals surface area contributed by atoms with Gasteiger partial charge in [-0.1, -0.05) is 0 Å². The van der Waals surface area contributed by atoms with Crippen LogP contribution in [0.2, 0.25) is 0 Å². The Morgan fingerprint density at radius 3 is 2.96 bits per heavy atom. The molecule has 1 amide bonds. The van der Waals surface area contributed by atoms with Gasteiger partial charge in [0, 0.05) is 24.1 Å². The molecule has 1 unspecified atom stereocenters. The van der Waals surface area contributed by atoms with Gasteiger partial charge >= 0.3 is 0 Å². The average Bonchev–Trinajstić information content (AvgIpc) is 3.23. The third-order valence-electron chi connectivity index (χ3n) is 5.21. The van der Waals surface area contributed by atoms with Crippen molar-refractivity contribution in [2.24, 2.45) is 0 Å². The number of hydrogen-bond donors (Lipinski definition) is 1. The largest absolute Gasteiger partial charge is 0.497 e. The van der Waals surface area contributed by atoms with Crippen molar-refractivity contribution in [1.82, 2.24) is 9.88 Å². The van der Waals surface area contributed by atoms with Crippen molar-refractivity contribution < 1.29 is 14.3 Å². The monoisotopic (exact) mass is 328 g/mol. The minimum Gasteiger partial charge on any atom is -0.497 e. The number of carbonyl (C=O) groups is 1. The number of nitrogens with one attached hydrogen (secondary N) is 1. The van der Waals surface area contributed by atoms with Crippen LogP contribution in [0.15, 0.2) is 29.1 Å². The van der Waals surface area contributed by atoms with Gasteiger partial charge in [0.1, 0.15) is 11.3 Å². The van der Waals surface area contributed by atoms with Gasteiger partial charge in [-0.3, -0.25) is 9.59 Å². The van der Waals surface area contributed by atoms with Gasteiger partial charge in [-0.2, -0.15) is 0 Å². The minimum atomic E-state index is -0.348. The highest BCUT2D eigenvalue weighted by atomic mass is 16.5. The Morgan fingerprint density at radius 1 is 1.33 bits per heavy atom. The summed E-state index contributed by atoms with van der Waals surface area (Å²) in [4.78, 5) is 30.1. The molecule has 2 saturated heterocycles. The number of aromatic nitrogens is 1. The summed E-state index contributed by atoms with van der Waals surface area (Å²) < 4.78 is 10.8. The molecule has 2 fully saturated rings. The van der Waals surface area contributed by atoms with E-state index in [-0.39, 0.29) is 22.6 Å². The van der Waals surface area contributed by atoms with E-state index in [4.69, 9.17) is 9.47 Å². The van der Waals surface area contributed by atoms with E-state index >= 15 is 0 Å². The molecule has 2 aliphatic heterocycles. The topological polar surface area (TPSA) is 71.6 Å². The number of ether oxygens (including phenoxy) is 2. The normalized spacial score (nSPS) is 23.3. The van der Waals surface area contributed by atoms with Crippen LogP contribution in [0.4, 0.5) is 0 Å². The maximum atomic E-state index is 13.0. The highest BCUT2D eigenvalue weighted by Crippen LogP contribution is 2.37. The smallest absolute Gasteiger partial charge is 0.261 e. The van der Waals surface area contributed by atoms with E-state index in [2.05, 4.69) is 4.98 Å². The molecule has 0 bridgehead atoms. The van der Waals surface area contributed by atoms with Crippen molar-refractivity contribution >= 4 is 16.8 Å². The quantitative estimate of drug-likeness (QED) is 0.914. The van der Waals surface area contributed by atoms with Crippen LogP contribution < -0.4 is 10.3 Å². The zero-order valence-corrected chi connectivity index (χ0v) is 13.6. The summed E-state index contributed by atoms with van der Waals surface area (Å²) in [7, 11) is 1.59. The zero-order chi connectivity index (χ0) is 16.7. The van der Waals surface area contributed by atoms with E-state index in [1.807, 2.05) is 11.0 Å². The van der Waals surface area contributed by atoms with E-state index in [0.717, 1.165) is 24.6 Å². The molecule has 126 valence electrons. The number of hydrogen-bond acceptors (Lipinski definition) is 4. The lowest BCUT2D eigenvalue weighted by Crippen LogP contribution is -2.49. The molecule has 2 aliphatic rings. The first-order chi connectivity index (χ1) is 11.6. The van der Waals surface area contributed by atoms with Gasteiger partial charge in [0.15, 0.2) is 0 Å². The number of rotatable bonds is 2. The Labute approximate surface area is 139 Å². The van der Waals surface area contributed by atoms with Gasteiger partial charge in [0.2, 0.25) is 0 Å². The molecule has 3 heterocycles. The minimum absolute atomic E-state index is 0.184. The average molecular weight is 328 g/mol. The van der Waals surface area contributed by atoms with Gasteiger partial charge < -0.3 is 19.4 Å². The first-order valence-electron chi connectivity index (χ1n) is 8.24. The highest BCUT2D eigenvalue weighted by Gasteiger charge is 2.46. The van der Waals surface area contributed by atoms with E-state index < -0.39 is 0 Å². The zero-order valence-electron chi connectivity index (χ0n) is 13.6. The van der Waals surface area contributed by atoms with Crippen LogP contribution in [0.25, 0.3) is 10.9 Å². The molecule has 2 aromatic rings. The van der Waals surface area contributed by atoms with Gasteiger partial charge in [-0.25, -0.2) is 0 Å². The number of nitrogens with zero attached hydrogens (tertiary/aromatic N) is 1. The fourth-order valence-electron chi connectivity index (χ4n) is 3.88. The molecular formula is C18H20N2O4. The SMILES string of the molecule is COc1ccc2[nH]c(=O)c(C(=O)N3CCCC34CCOC4)cc2c1. The molecule has 0 saturated carbocycles. The maximum absolute atomic E-state index is 13.0. The number of fused-ring (bicyclic) bond motifs is 1. The molecule has 24 heavy (non-hydrogen) atoms. The highest BCUT2D eigenvalue weighted by molar-refractivity contribution is 5.98. The van der Waals surface area contributed by atoms with E-state index in [0.29, 0.717) is 31.0 Å². The van der Waals surface area contributed by atoms with Crippen LogP contribution in [0.5, 0.6) is 5.75 Å². The number of carbonyl (C=O) groups excluding carboxylic acids is 1. The van der Waals surface area contributed by atoms with Crippen molar-refractivity contribution in [3.63, 3.8) is 0 Å². The second-order valence-corrected chi connectivity index (χ2v) is 6.55. The fraction of sp³-hybridized carbons (Fsp3) is 0.444. The van der Waals surface area contributed by atoms with Gasteiger partial charge in [-0.15, -0.1) is 0 Å². The first-order valence-corrected chi connectivity index (χ1v) is 8.24. The molecular weight excluding hydrogens is 308 g/mol. The molecule has 0 aliphatic carbocycles. The molecule has 0 radical (unpaired) electrons. The standard InChI is InChI=1S/C18H20N2O4/c1-23-13-3-4-15-12(9-13)10-14(16(21)19-15)17(22)20-7-2-5-18(20)6-8-24-11-18/h3-4,9-10H,2,5-8,11H2,1H3,(H,19,21). The van der Waals surface area contributed by atoms with Crippen molar-refractivity contribution in [3.05, 3.63) is 40.2 Å². The Bertz CT molecular complexity index is 846. The Balaban J connectivity index is 1.76. The third-order valence-corrected chi connectivity index (χ3v) is 5.21. The van der Waals surface area contributed by atoms with Crippen LogP contribution in [-0.4, -0.2) is 48.2 Å². The van der Waals surface area contributed by atoms with Crippen LogP contribution in [0.3, 0.4) is 0 Å². The van der Waals surface area contributed by atoms with Crippen molar-refractivity contribution in [1.29, 1.82) is 0 Å². The Morgan fingerprint density at radius 2 is 2.21 bits per heavy atom. The van der Waals surface area contributed by atoms with E-state index in [1.165, 1.54) is 0 Å². The predicted octanol–water partition coefficient (Wildman–Crippen LogP) is 1.93. The molecule has 4 rings (SSSR count).